The lowest BCUT2D eigenvalue weighted by Gasteiger charge is -2.29. The van der Waals surface area contributed by atoms with E-state index in [1.807, 2.05) is 0 Å². The van der Waals surface area contributed by atoms with Gasteiger partial charge in [0.2, 0.25) is 11.8 Å². The first-order valence-corrected chi connectivity index (χ1v) is 15.2. The first-order chi connectivity index (χ1) is 22.7. The minimum atomic E-state index is -1.29. The van der Waals surface area contributed by atoms with Gasteiger partial charge >= 0.3 is 0 Å². The topological polar surface area (TPSA) is 131 Å². The van der Waals surface area contributed by atoms with Crippen LogP contribution >= 0.6 is 0 Å². The predicted molar refractivity (Wildman–Crippen MR) is 169 cm³/mol. The van der Waals surface area contributed by atoms with Crippen molar-refractivity contribution in [3.63, 3.8) is 0 Å². The molecule has 2 fully saturated rings. The molecule has 0 spiro atoms. The maximum atomic E-state index is 15.2. The predicted octanol–water partition coefficient (Wildman–Crippen LogP) is 5.09. The zero-order valence-electron chi connectivity index (χ0n) is 25.6. The van der Waals surface area contributed by atoms with E-state index < -0.39 is 35.2 Å². The number of halogens is 2. The van der Waals surface area contributed by atoms with E-state index in [4.69, 9.17) is 18.9 Å². The largest absolute Gasteiger partial charge is 0.493 e. The van der Waals surface area contributed by atoms with E-state index in [1.54, 1.807) is 18.2 Å². The zero-order chi connectivity index (χ0) is 33.0. The van der Waals surface area contributed by atoms with Crippen molar-refractivity contribution in [3.05, 3.63) is 78.5 Å². The van der Waals surface area contributed by atoms with Crippen molar-refractivity contribution in [1.29, 1.82) is 0 Å². The van der Waals surface area contributed by atoms with Gasteiger partial charge in [-0.2, -0.15) is 0 Å². The molecule has 2 heterocycles. The van der Waals surface area contributed by atoms with E-state index in [0.29, 0.717) is 66.4 Å². The number of pyridine rings is 1. The van der Waals surface area contributed by atoms with Gasteiger partial charge in [0.15, 0.2) is 29.4 Å². The number of rotatable bonds is 12. The lowest BCUT2D eigenvalue weighted by atomic mass is 10.0. The number of morpholine rings is 1. The van der Waals surface area contributed by atoms with E-state index in [9.17, 15) is 19.1 Å². The average molecular weight is 649 g/mol. The number of ether oxygens (including phenoxy) is 4. The monoisotopic (exact) mass is 648 g/mol. The van der Waals surface area contributed by atoms with Gasteiger partial charge in [0.1, 0.15) is 17.0 Å². The summed E-state index contributed by atoms with van der Waals surface area (Å²) in [7, 11) is 1.52. The van der Waals surface area contributed by atoms with Crippen LogP contribution in [0.2, 0.25) is 0 Å². The minimum Gasteiger partial charge on any atom is -0.493 e. The molecule has 0 radical (unpaired) electrons. The fraction of sp³-hybridized carbons (Fsp3) is 0.324. The Labute approximate surface area is 269 Å². The maximum absolute atomic E-state index is 15.2. The summed E-state index contributed by atoms with van der Waals surface area (Å²) in [5.41, 5.74) is -0.208. The molecule has 1 atom stereocenters. The summed E-state index contributed by atoms with van der Waals surface area (Å²) < 4.78 is 51.1. The van der Waals surface area contributed by atoms with Gasteiger partial charge in [-0.15, -0.1) is 0 Å². The molecular formula is C34H34F2N4O7. The Morgan fingerprint density at radius 1 is 0.979 bits per heavy atom. The molecule has 1 aromatic heterocycles. The number of fused-ring (bicyclic) bond motifs is 1. The van der Waals surface area contributed by atoms with Gasteiger partial charge in [-0.25, -0.2) is 8.78 Å². The number of carbonyl (C=O) groups excluding carboxylic acids is 2. The maximum Gasteiger partial charge on any atom is 0.240 e. The number of hydrogen-bond donors (Lipinski definition) is 3. The Morgan fingerprint density at radius 3 is 2.43 bits per heavy atom. The molecule has 47 heavy (non-hydrogen) atoms. The van der Waals surface area contributed by atoms with Crippen LogP contribution in [0.1, 0.15) is 19.3 Å². The summed E-state index contributed by atoms with van der Waals surface area (Å²) in [6.07, 6.45) is 2.16. The lowest BCUT2D eigenvalue weighted by molar-refractivity contribution is -0.146. The number of benzene rings is 3. The van der Waals surface area contributed by atoms with Crippen molar-refractivity contribution in [2.75, 3.05) is 50.6 Å². The second kappa shape index (κ2) is 13.9. The Bertz CT molecular complexity index is 1770. The third kappa shape index (κ3) is 7.43. The molecule has 4 aromatic rings. The number of nitrogens with one attached hydrogen (secondary N) is 2. The van der Waals surface area contributed by atoms with Crippen LogP contribution in [0.3, 0.4) is 0 Å². The van der Waals surface area contributed by atoms with Crippen molar-refractivity contribution < 1.29 is 42.4 Å². The highest BCUT2D eigenvalue weighted by atomic mass is 19.1. The van der Waals surface area contributed by atoms with Crippen LogP contribution in [0.25, 0.3) is 10.9 Å². The Kier molecular flexibility index (Phi) is 9.48. The number of carbonyl (C=O) groups is 2. The molecule has 11 nitrogen and oxygen atoms in total. The summed E-state index contributed by atoms with van der Waals surface area (Å²) in [6.45, 7) is 2.86. The van der Waals surface area contributed by atoms with Crippen LogP contribution < -0.4 is 24.8 Å². The minimum absolute atomic E-state index is 0.0850. The van der Waals surface area contributed by atoms with Gasteiger partial charge < -0.3 is 34.7 Å². The molecule has 13 heteroatoms. The Morgan fingerprint density at radius 2 is 1.72 bits per heavy atom. The summed E-state index contributed by atoms with van der Waals surface area (Å²) in [5, 5.41) is 15.5. The standard InChI is InChI=1S/C34H34F2N4O7/c1-44-29-18-24-26(19-30(29)45-15-2-13-40-14-16-46-31(41)20-40)37-12-9-27(24)47-28-8-7-23(17-25(28)36)39-33(43)34(10-11-34)32(42)38-22-5-3-21(35)4-6-22/h3-9,12,17-19,31,41H,2,10-11,13-16,20H2,1H3,(H,38,42)(H,39,43). The van der Waals surface area contributed by atoms with Crippen LogP contribution in [-0.4, -0.2) is 73.1 Å². The first kappa shape index (κ1) is 32.1. The molecule has 2 aliphatic rings. The molecule has 6 rings (SSSR count). The van der Waals surface area contributed by atoms with Crippen molar-refractivity contribution in [2.24, 2.45) is 5.41 Å². The number of aliphatic hydroxyl groups is 1. The van der Waals surface area contributed by atoms with Crippen LogP contribution in [0.4, 0.5) is 20.2 Å². The number of amides is 2. The van der Waals surface area contributed by atoms with Gasteiger partial charge in [0.05, 0.1) is 25.8 Å². The van der Waals surface area contributed by atoms with E-state index in [2.05, 4.69) is 20.5 Å². The number of anilines is 2. The number of nitrogens with zero attached hydrogens (tertiary/aromatic N) is 2. The molecular weight excluding hydrogens is 614 g/mol. The summed E-state index contributed by atoms with van der Waals surface area (Å²) in [4.78, 5) is 32.4. The number of aliphatic hydroxyl groups excluding tert-OH is 1. The molecule has 1 unspecified atom stereocenters. The Balaban J connectivity index is 1.09. The summed E-state index contributed by atoms with van der Waals surface area (Å²) in [5.74, 6) is -1.05. The molecule has 0 bridgehead atoms. The highest BCUT2D eigenvalue weighted by molar-refractivity contribution is 6.16. The fourth-order valence-electron chi connectivity index (χ4n) is 5.34. The van der Waals surface area contributed by atoms with Crippen LogP contribution in [0.5, 0.6) is 23.0 Å². The molecule has 1 saturated heterocycles. The van der Waals surface area contributed by atoms with E-state index in [0.717, 1.165) is 25.6 Å². The molecule has 246 valence electrons. The molecule has 3 N–H and O–H groups in total. The van der Waals surface area contributed by atoms with Crippen molar-refractivity contribution in [3.8, 4) is 23.0 Å². The molecule has 1 aliphatic carbocycles. The summed E-state index contributed by atoms with van der Waals surface area (Å²) in [6, 6.07) is 14.3. The third-order valence-electron chi connectivity index (χ3n) is 8.13. The Hall–Kier alpha value is -4.85. The first-order valence-electron chi connectivity index (χ1n) is 15.2. The molecule has 2 amide bonds. The number of aromatic nitrogens is 1. The number of methoxy groups -OCH3 is 1. The van der Waals surface area contributed by atoms with Crippen molar-refractivity contribution in [2.45, 2.75) is 25.6 Å². The van der Waals surface area contributed by atoms with Crippen LogP contribution in [0.15, 0.2) is 66.9 Å². The van der Waals surface area contributed by atoms with Crippen molar-refractivity contribution in [1.82, 2.24) is 9.88 Å². The quantitative estimate of drug-likeness (QED) is 0.142. The smallest absolute Gasteiger partial charge is 0.240 e. The highest BCUT2D eigenvalue weighted by Gasteiger charge is 2.56. The van der Waals surface area contributed by atoms with E-state index >= 15 is 4.39 Å². The zero-order valence-corrected chi connectivity index (χ0v) is 25.6. The summed E-state index contributed by atoms with van der Waals surface area (Å²) >= 11 is 0. The fourth-order valence-corrected chi connectivity index (χ4v) is 5.34. The van der Waals surface area contributed by atoms with Crippen LogP contribution in [-0.2, 0) is 14.3 Å². The van der Waals surface area contributed by atoms with Gasteiger partial charge in [0.25, 0.3) is 0 Å². The third-order valence-corrected chi connectivity index (χ3v) is 8.13. The highest BCUT2D eigenvalue weighted by Crippen LogP contribution is 2.47. The van der Waals surface area contributed by atoms with Gasteiger partial charge in [-0.1, -0.05) is 0 Å². The second-order valence-corrected chi connectivity index (χ2v) is 11.4. The van der Waals surface area contributed by atoms with Gasteiger partial charge in [-0.3, -0.25) is 19.5 Å². The van der Waals surface area contributed by atoms with E-state index in [1.165, 1.54) is 49.7 Å². The normalized spacial score (nSPS) is 17.1. The van der Waals surface area contributed by atoms with Gasteiger partial charge in [-0.05, 0) is 67.8 Å². The number of β-amino-alcohol motifs (C(OH)–C–C–N with tert-alkyl or cyclic N) is 1. The average Bonchev–Trinajstić information content (AvgIpc) is 3.88. The van der Waals surface area contributed by atoms with Crippen molar-refractivity contribution >= 4 is 34.1 Å². The van der Waals surface area contributed by atoms with Crippen LogP contribution in [0, 0.1) is 17.0 Å². The molecule has 3 aromatic carbocycles. The van der Waals surface area contributed by atoms with E-state index in [-0.39, 0.29) is 11.4 Å². The lowest BCUT2D eigenvalue weighted by Crippen LogP contribution is -2.42. The molecule has 1 aliphatic heterocycles. The van der Waals surface area contributed by atoms with Gasteiger partial charge in [0, 0.05) is 54.7 Å². The SMILES string of the molecule is COc1cc2c(Oc3ccc(NC(=O)C4(C(=O)Nc5ccc(F)cc5)CC4)cc3F)ccnc2cc1OCCCN1CCOC(O)C1. The number of hydrogen-bond acceptors (Lipinski definition) is 9. The second-order valence-electron chi connectivity index (χ2n) is 11.4. The molecule has 1 saturated carbocycles.